The molecule has 17 heavy (non-hydrogen) atoms. The summed E-state index contributed by atoms with van der Waals surface area (Å²) in [5.74, 6) is 2.46. The highest BCUT2D eigenvalue weighted by Crippen LogP contribution is 2.29. The van der Waals surface area contributed by atoms with E-state index in [2.05, 4.69) is 35.4 Å². The first-order valence-corrected chi connectivity index (χ1v) is 6.38. The van der Waals surface area contributed by atoms with Gasteiger partial charge in [-0.3, -0.25) is 0 Å². The molecule has 0 aliphatic heterocycles. The highest BCUT2D eigenvalue weighted by Gasteiger charge is 2.21. The fourth-order valence-corrected chi connectivity index (χ4v) is 2.54. The van der Waals surface area contributed by atoms with Gasteiger partial charge in [0.15, 0.2) is 0 Å². The largest absolute Gasteiger partial charge is 0.320 e. The molecule has 4 heteroatoms. The third-order valence-electron chi connectivity index (χ3n) is 3.81. The first-order valence-electron chi connectivity index (χ1n) is 6.38. The molecule has 0 saturated heterocycles. The molecule has 0 fully saturated rings. The van der Waals surface area contributed by atoms with E-state index in [0.717, 1.165) is 24.8 Å². The van der Waals surface area contributed by atoms with Crippen LogP contribution in [-0.2, 0) is 13.6 Å². The summed E-state index contributed by atoms with van der Waals surface area (Å²) in [7, 11) is 1.98. The third kappa shape index (κ3) is 2.94. The standard InChI is InChI=1S/C13H22N4/c1-10-5-4-6-11(2)12(10)7-14-8-13-16-15-9-17(13)3/h5,9,11-12,14H,4,6-8H2,1-3H3/t11-,12+/m0/s1. The molecule has 1 heterocycles. The Morgan fingerprint density at radius 2 is 2.35 bits per heavy atom. The van der Waals surface area contributed by atoms with Crippen LogP contribution < -0.4 is 5.32 Å². The number of aromatic nitrogens is 3. The van der Waals surface area contributed by atoms with Gasteiger partial charge in [0.2, 0.25) is 0 Å². The molecular weight excluding hydrogens is 212 g/mol. The van der Waals surface area contributed by atoms with Crippen molar-refractivity contribution >= 4 is 0 Å². The van der Waals surface area contributed by atoms with E-state index in [9.17, 15) is 0 Å². The summed E-state index contributed by atoms with van der Waals surface area (Å²) in [6.07, 6.45) is 6.68. The van der Waals surface area contributed by atoms with Crippen LogP contribution in [-0.4, -0.2) is 21.3 Å². The monoisotopic (exact) mass is 234 g/mol. The molecule has 1 aliphatic rings. The van der Waals surface area contributed by atoms with Crippen LogP contribution in [0.5, 0.6) is 0 Å². The van der Waals surface area contributed by atoms with Crippen LogP contribution in [0.3, 0.4) is 0 Å². The van der Waals surface area contributed by atoms with Gasteiger partial charge in [-0.05, 0) is 31.6 Å². The summed E-state index contributed by atoms with van der Waals surface area (Å²) in [6.45, 7) is 6.44. The van der Waals surface area contributed by atoms with E-state index in [1.165, 1.54) is 18.4 Å². The lowest BCUT2D eigenvalue weighted by Crippen LogP contribution is -2.30. The molecule has 2 rings (SSSR count). The zero-order chi connectivity index (χ0) is 12.3. The fraction of sp³-hybridized carbons (Fsp3) is 0.692. The second-order valence-corrected chi connectivity index (χ2v) is 5.10. The number of rotatable bonds is 4. The van der Waals surface area contributed by atoms with Gasteiger partial charge in [0, 0.05) is 13.6 Å². The van der Waals surface area contributed by atoms with Crippen molar-refractivity contribution in [3.8, 4) is 0 Å². The Labute approximate surface area is 103 Å². The first kappa shape index (κ1) is 12.3. The summed E-state index contributed by atoms with van der Waals surface area (Å²) >= 11 is 0. The molecule has 94 valence electrons. The van der Waals surface area contributed by atoms with Crippen molar-refractivity contribution in [1.82, 2.24) is 20.1 Å². The van der Waals surface area contributed by atoms with E-state index in [-0.39, 0.29) is 0 Å². The molecule has 0 unspecified atom stereocenters. The van der Waals surface area contributed by atoms with Crippen molar-refractivity contribution in [2.45, 2.75) is 33.2 Å². The van der Waals surface area contributed by atoms with Gasteiger partial charge in [-0.25, -0.2) is 0 Å². The SMILES string of the molecule is CC1=CCC[C@H](C)[C@@H]1CNCc1nncn1C. The predicted octanol–water partition coefficient (Wildman–Crippen LogP) is 1.90. The average molecular weight is 234 g/mol. The van der Waals surface area contributed by atoms with E-state index < -0.39 is 0 Å². The molecule has 0 aromatic carbocycles. The smallest absolute Gasteiger partial charge is 0.146 e. The van der Waals surface area contributed by atoms with Crippen LogP contribution >= 0.6 is 0 Å². The Hall–Kier alpha value is -1.16. The van der Waals surface area contributed by atoms with Crippen LogP contribution in [0.15, 0.2) is 18.0 Å². The summed E-state index contributed by atoms with van der Waals surface area (Å²) in [6, 6.07) is 0. The lowest BCUT2D eigenvalue weighted by atomic mass is 9.80. The van der Waals surface area contributed by atoms with Gasteiger partial charge in [-0.1, -0.05) is 18.6 Å². The number of hydrogen-bond acceptors (Lipinski definition) is 3. The lowest BCUT2D eigenvalue weighted by Gasteiger charge is -2.28. The Morgan fingerprint density at radius 1 is 1.53 bits per heavy atom. The summed E-state index contributed by atoms with van der Waals surface area (Å²) in [5, 5.41) is 11.4. The molecule has 0 spiro atoms. The number of nitrogens with one attached hydrogen (secondary N) is 1. The number of aryl methyl sites for hydroxylation is 1. The second-order valence-electron chi connectivity index (χ2n) is 5.10. The van der Waals surface area contributed by atoms with Crippen LogP contribution in [0.25, 0.3) is 0 Å². The van der Waals surface area contributed by atoms with Crippen molar-refractivity contribution in [3.05, 3.63) is 23.8 Å². The maximum Gasteiger partial charge on any atom is 0.146 e. The second kappa shape index (κ2) is 5.45. The molecule has 0 bridgehead atoms. The minimum atomic E-state index is 0.678. The van der Waals surface area contributed by atoms with Crippen molar-refractivity contribution in [3.63, 3.8) is 0 Å². The summed E-state index contributed by atoms with van der Waals surface area (Å²) in [4.78, 5) is 0. The molecule has 0 radical (unpaired) electrons. The van der Waals surface area contributed by atoms with Gasteiger partial charge in [-0.2, -0.15) is 0 Å². The van der Waals surface area contributed by atoms with E-state index in [4.69, 9.17) is 0 Å². The average Bonchev–Trinajstić information content (AvgIpc) is 2.69. The van der Waals surface area contributed by atoms with Gasteiger partial charge in [-0.15, -0.1) is 10.2 Å². The lowest BCUT2D eigenvalue weighted by molar-refractivity contribution is 0.348. The van der Waals surface area contributed by atoms with Crippen LogP contribution in [0.4, 0.5) is 0 Å². The van der Waals surface area contributed by atoms with Crippen molar-refractivity contribution in [1.29, 1.82) is 0 Å². The van der Waals surface area contributed by atoms with Crippen LogP contribution in [0.1, 0.15) is 32.5 Å². The molecule has 0 amide bonds. The Balaban J connectivity index is 1.84. The maximum atomic E-state index is 4.07. The predicted molar refractivity (Wildman–Crippen MR) is 68.4 cm³/mol. The summed E-state index contributed by atoms with van der Waals surface area (Å²) in [5.41, 5.74) is 1.54. The Morgan fingerprint density at radius 3 is 3.00 bits per heavy atom. The number of nitrogens with zero attached hydrogens (tertiary/aromatic N) is 3. The molecule has 1 N–H and O–H groups in total. The minimum Gasteiger partial charge on any atom is -0.320 e. The highest BCUT2D eigenvalue weighted by molar-refractivity contribution is 5.09. The van der Waals surface area contributed by atoms with E-state index in [1.807, 2.05) is 11.6 Å². The van der Waals surface area contributed by atoms with E-state index in [0.29, 0.717) is 5.92 Å². The van der Waals surface area contributed by atoms with Gasteiger partial charge >= 0.3 is 0 Å². The molecule has 1 aromatic rings. The van der Waals surface area contributed by atoms with Gasteiger partial charge in [0.25, 0.3) is 0 Å². The van der Waals surface area contributed by atoms with Gasteiger partial charge < -0.3 is 9.88 Å². The van der Waals surface area contributed by atoms with Crippen LogP contribution in [0.2, 0.25) is 0 Å². The molecule has 4 nitrogen and oxygen atoms in total. The molecule has 1 aromatic heterocycles. The Bertz CT molecular complexity index is 394. The van der Waals surface area contributed by atoms with Gasteiger partial charge in [0.1, 0.15) is 12.2 Å². The normalized spacial score (nSPS) is 24.8. The van der Waals surface area contributed by atoms with Crippen molar-refractivity contribution in [2.24, 2.45) is 18.9 Å². The zero-order valence-electron chi connectivity index (χ0n) is 11.0. The van der Waals surface area contributed by atoms with Crippen molar-refractivity contribution in [2.75, 3.05) is 6.54 Å². The first-order chi connectivity index (χ1) is 8.18. The highest BCUT2D eigenvalue weighted by atomic mass is 15.3. The Kier molecular flexibility index (Phi) is 3.94. The molecule has 0 saturated carbocycles. The summed E-state index contributed by atoms with van der Waals surface area (Å²) < 4.78 is 1.96. The topological polar surface area (TPSA) is 42.7 Å². The van der Waals surface area contributed by atoms with Crippen molar-refractivity contribution < 1.29 is 0 Å². The van der Waals surface area contributed by atoms with Crippen LogP contribution in [0, 0.1) is 11.8 Å². The maximum absolute atomic E-state index is 4.07. The third-order valence-corrected chi connectivity index (χ3v) is 3.81. The number of allylic oxidation sites excluding steroid dienone is 1. The molecule has 1 aliphatic carbocycles. The van der Waals surface area contributed by atoms with E-state index >= 15 is 0 Å². The van der Waals surface area contributed by atoms with Gasteiger partial charge in [0.05, 0.1) is 6.54 Å². The molecule has 2 atom stereocenters. The zero-order valence-corrected chi connectivity index (χ0v) is 11.0. The quantitative estimate of drug-likeness (QED) is 0.809. The fourth-order valence-electron chi connectivity index (χ4n) is 2.54. The van der Waals surface area contributed by atoms with E-state index in [1.54, 1.807) is 6.33 Å². The molecular formula is C13H22N4. The number of hydrogen-bond donors (Lipinski definition) is 1. The minimum absolute atomic E-state index is 0.678.